The summed E-state index contributed by atoms with van der Waals surface area (Å²) >= 11 is 5.91. The third-order valence-corrected chi connectivity index (χ3v) is 4.51. The number of hydrogen-bond donors (Lipinski definition) is 1. The molecule has 3 aromatic rings. The standard InChI is InChI=1S/C24H23ClN2O3/c1-17-6-8-20(9-7-17)16-29-22-12-10-19(11-13-22)15-26-27-24(28)18(2)30-23-5-3-4-21(25)14-23/h3-15,18H,16H2,1-2H3,(H,27,28)/b26-15+. The molecule has 154 valence electrons. The quantitative estimate of drug-likeness (QED) is 0.403. The Labute approximate surface area is 181 Å². The van der Waals surface area contributed by atoms with Crippen molar-refractivity contribution in [2.24, 2.45) is 5.10 Å². The third-order valence-electron chi connectivity index (χ3n) is 4.27. The molecular weight excluding hydrogens is 400 g/mol. The van der Waals surface area contributed by atoms with Crippen molar-refractivity contribution in [3.63, 3.8) is 0 Å². The first-order valence-corrected chi connectivity index (χ1v) is 9.91. The highest BCUT2D eigenvalue weighted by Crippen LogP contribution is 2.18. The van der Waals surface area contributed by atoms with Gasteiger partial charge in [0.2, 0.25) is 0 Å². The maximum Gasteiger partial charge on any atom is 0.280 e. The largest absolute Gasteiger partial charge is 0.489 e. The van der Waals surface area contributed by atoms with Gasteiger partial charge in [0.15, 0.2) is 6.10 Å². The van der Waals surface area contributed by atoms with E-state index in [2.05, 4.69) is 41.7 Å². The van der Waals surface area contributed by atoms with Gasteiger partial charge in [-0.3, -0.25) is 4.79 Å². The van der Waals surface area contributed by atoms with Crippen LogP contribution in [0, 0.1) is 6.92 Å². The lowest BCUT2D eigenvalue weighted by atomic mass is 10.2. The molecule has 5 nitrogen and oxygen atoms in total. The van der Waals surface area contributed by atoms with E-state index in [9.17, 15) is 4.79 Å². The van der Waals surface area contributed by atoms with Crippen LogP contribution in [0.25, 0.3) is 0 Å². The van der Waals surface area contributed by atoms with Crippen molar-refractivity contribution in [2.75, 3.05) is 0 Å². The average Bonchev–Trinajstić information content (AvgIpc) is 2.74. The number of ether oxygens (including phenoxy) is 2. The first kappa shape index (κ1) is 21.4. The number of halogens is 1. The number of nitrogens with one attached hydrogen (secondary N) is 1. The Morgan fingerprint density at radius 2 is 1.80 bits per heavy atom. The number of carbonyl (C=O) groups excluding carboxylic acids is 1. The highest BCUT2D eigenvalue weighted by atomic mass is 35.5. The number of rotatable bonds is 8. The number of nitrogens with zero attached hydrogens (tertiary/aromatic N) is 1. The number of hydrazone groups is 1. The Bertz CT molecular complexity index is 1000. The molecule has 3 rings (SSSR count). The van der Waals surface area contributed by atoms with Crippen LogP contribution >= 0.6 is 11.6 Å². The van der Waals surface area contributed by atoms with Gasteiger partial charge in [-0.05, 0) is 67.4 Å². The number of amides is 1. The molecule has 0 saturated heterocycles. The van der Waals surface area contributed by atoms with Crippen LogP contribution in [0.3, 0.4) is 0 Å². The normalized spacial score (nSPS) is 11.8. The Kier molecular flexibility index (Phi) is 7.46. The smallest absolute Gasteiger partial charge is 0.280 e. The highest BCUT2D eigenvalue weighted by molar-refractivity contribution is 6.30. The third kappa shape index (κ3) is 6.64. The van der Waals surface area contributed by atoms with Crippen molar-refractivity contribution in [1.29, 1.82) is 0 Å². The summed E-state index contributed by atoms with van der Waals surface area (Å²) in [4.78, 5) is 12.1. The minimum atomic E-state index is -0.710. The summed E-state index contributed by atoms with van der Waals surface area (Å²) in [6, 6.07) is 22.6. The zero-order valence-corrected chi connectivity index (χ0v) is 17.6. The second-order valence-corrected chi connectivity index (χ2v) is 7.23. The van der Waals surface area contributed by atoms with Crippen LogP contribution in [0.15, 0.2) is 77.9 Å². The molecule has 0 heterocycles. The molecule has 1 atom stereocenters. The molecule has 0 aliphatic rings. The van der Waals surface area contributed by atoms with Gasteiger partial charge in [-0.1, -0.05) is 47.5 Å². The van der Waals surface area contributed by atoms with Gasteiger partial charge in [0.1, 0.15) is 18.1 Å². The molecule has 0 aliphatic heterocycles. The van der Waals surface area contributed by atoms with Crippen LogP contribution in [0.4, 0.5) is 0 Å². The number of benzene rings is 3. The SMILES string of the molecule is Cc1ccc(COc2ccc(/C=N/NC(=O)C(C)Oc3cccc(Cl)c3)cc2)cc1. The Balaban J connectivity index is 1.46. The van der Waals surface area contributed by atoms with Crippen molar-refractivity contribution in [3.05, 3.63) is 94.5 Å². The van der Waals surface area contributed by atoms with E-state index >= 15 is 0 Å². The van der Waals surface area contributed by atoms with E-state index in [0.717, 1.165) is 16.9 Å². The summed E-state index contributed by atoms with van der Waals surface area (Å²) in [5.41, 5.74) is 5.64. The van der Waals surface area contributed by atoms with Crippen molar-refractivity contribution in [1.82, 2.24) is 5.43 Å². The van der Waals surface area contributed by atoms with E-state index in [4.69, 9.17) is 21.1 Å². The predicted molar refractivity (Wildman–Crippen MR) is 119 cm³/mol. The average molecular weight is 423 g/mol. The van der Waals surface area contributed by atoms with E-state index in [1.54, 1.807) is 37.4 Å². The lowest BCUT2D eigenvalue weighted by molar-refractivity contribution is -0.127. The Morgan fingerprint density at radius 1 is 1.07 bits per heavy atom. The summed E-state index contributed by atoms with van der Waals surface area (Å²) in [5, 5.41) is 4.53. The second-order valence-electron chi connectivity index (χ2n) is 6.80. The molecule has 1 unspecified atom stereocenters. The molecule has 0 fully saturated rings. The maximum atomic E-state index is 12.1. The first-order chi connectivity index (χ1) is 14.5. The Morgan fingerprint density at radius 3 is 2.50 bits per heavy atom. The maximum absolute atomic E-state index is 12.1. The minimum absolute atomic E-state index is 0.357. The molecule has 0 aromatic heterocycles. The molecular formula is C24H23ClN2O3. The minimum Gasteiger partial charge on any atom is -0.489 e. The molecule has 0 spiro atoms. The fourth-order valence-corrected chi connectivity index (χ4v) is 2.74. The summed E-state index contributed by atoms with van der Waals surface area (Å²) in [6.07, 6.45) is 0.853. The lowest BCUT2D eigenvalue weighted by Crippen LogP contribution is -2.33. The monoisotopic (exact) mass is 422 g/mol. The summed E-state index contributed by atoms with van der Waals surface area (Å²) < 4.78 is 11.3. The molecule has 0 saturated carbocycles. The highest BCUT2D eigenvalue weighted by Gasteiger charge is 2.13. The number of aryl methyl sites for hydroxylation is 1. The van der Waals surface area contributed by atoms with Crippen molar-refractivity contribution in [2.45, 2.75) is 26.6 Å². The van der Waals surface area contributed by atoms with Gasteiger partial charge in [-0.2, -0.15) is 5.10 Å². The van der Waals surface area contributed by atoms with Gasteiger partial charge < -0.3 is 9.47 Å². The molecule has 1 N–H and O–H groups in total. The topological polar surface area (TPSA) is 59.9 Å². The fourth-order valence-electron chi connectivity index (χ4n) is 2.56. The second kappa shape index (κ2) is 10.5. The molecule has 6 heteroatoms. The van der Waals surface area contributed by atoms with Crippen LogP contribution < -0.4 is 14.9 Å². The van der Waals surface area contributed by atoms with Crippen LogP contribution in [0.2, 0.25) is 5.02 Å². The van der Waals surface area contributed by atoms with Crippen LogP contribution in [-0.4, -0.2) is 18.2 Å². The van der Waals surface area contributed by atoms with E-state index in [1.165, 1.54) is 5.56 Å². The summed E-state index contributed by atoms with van der Waals surface area (Å²) in [7, 11) is 0. The number of hydrogen-bond acceptors (Lipinski definition) is 4. The van der Waals surface area contributed by atoms with Crippen LogP contribution in [0.5, 0.6) is 11.5 Å². The first-order valence-electron chi connectivity index (χ1n) is 9.53. The molecule has 0 radical (unpaired) electrons. The van der Waals surface area contributed by atoms with Gasteiger partial charge in [0, 0.05) is 5.02 Å². The molecule has 0 aliphatic carbocycles. The van der Waals surface area contributed by atoms with Gasteiger partial charge in [0.05, 0.1) is 6.21 Å². The zero-order valence-electron chi connectivity index (χ0n) is 16.8. The van der Waals surface area contributed by atoms with E-state index in [-0.39, 0.29) is 5.91 Å². The predicted octanol–water partition coefficient (Wildman–Crippen LogP) is 5.15. The van der Waals surface area contributed by atoms with Crippen molar-refractivity contribution < 1.29 is 14.3 Å². The lowest BCUT2D eigenvalue weighted by Gasteiger charge is -2.12. The van der Waals surface area contributed by atoms with Gasteiger partial charge in [0.25, 0.3) is 5.91 Å². The van der Waals surface area contributed by atoms with Crippen molar-refractivity contribution >= 4 is 23.7 Å². The van der Waals surface area contributed by atoms with E-state index < -0.39 is 6.10 Å². The van der Waals surface area contributed by atoms with E-state index in [0.29, 0.717) is 17.4 Å². The van der Waals surface area contributed by atoms with Gasteiger partial charge >= 0.3 is 0 Å². The molecule has 3 aromatic carbocycles. The van der Waals surface area contributed by atoms with Crippen LogP contribution in [0.1, 0.15) is 23.6 Å². The molecule has 30 heavy (non-hydrogen) atoms. The summed E-state index contributed by atoms with van der Waals surface area (Å²) in [5.74, 6) is 0.930. The molecule has 0 bridgehead atoms. The Hall–Kier alpha value is -3.31. The zero-order chi connectivity index (χ0) is 21.3. The number of carbonyl (C=O) groups is 1. The summed E-state index contributed by atoms with van der Waals surface area (Å²) in [6.45, 7) is 4.21. The van der Waals surface area contributed by atoms with Crippen LogP contribution in [-0.2, 0) is 11.4 Å². The fraction of sp³-hybridized carbons (Fsp3) is 0.167. The molecule has 1 amide bonds. The van der Waals surface area contributed by atoms with Crippen molar-refractivity contribution in [3.8, 4) is 11.5 Å². The van der Waals surface area contributed by atoms with E-state index in [1.807, 2.05) is 24.3 Å². The van der Waals surface area contributed by atoms with Gasteiger partial charge in [-0.25, -0.2) is 5.43 Å². The van der Waals surface area contributed by atoms with Gasteiger partial charge in [-0.15, -0.1) is 0 Å².